The van der Waals surface area contributed by atoms with Crippen LogP contribution < -0.4 is 9.64 Å². The molecular formula is C25H29N5O4S2. The number of thiol groups is 1. The Hall–Kier alpha value is -3.05. The number of hydrogen-bond donors (Lipinski definition) is 1. The maximum Gasteiger partial charge on any atom is 0.276 e. The maximum absolute atomic E-state index is 10.9. The van der Waals surface area contributed by atoms with Crippen LogP contribution in [0, 0.1) is 5.92 Å². The zero-order valence-electron chi connectivity index (χ0n) is 20.5. The predicted molar refractivity (Wildman–Crippen MR) is 140 cm³/mol. The molecule has 0 spiro atoms. The minimum absolute atomic E-state index is 0.0312. The average Bonchev–Trinajstić information content (AvgIpc) is 3.51. The van der Waals surface area contributed by atoms with Crippen LogP contribution in [0.2, 0.25) is 0 Å². The molecule has 5 rings (SSSR count). The van der Waals surface area contributed by atoms with Crippen molar-refractivity contribution >= 4 is 38.3 Å². The van der Waals surface area contributed by atoms with Crippen LogP contribution in [0.5, 0.6) is 5.19 Å². The molecule has 1 aliphatic rings. The van der Waals surface area contributed by atoms with Crippen LogP contribution >= 0.6 is 11.3 Å². The molecule has 1 saturated heterocycles. The second kappa shape index (κ2) is 10.5. The van der Waals surface area contributed by atoms with E-state index in [1.165, 1.54) is 11.3 Å². The lowest BCUT2D eigenvalue weighted by molar-refractivity contribution is 0.132. The maximum atomic E-state index is 10.9. The molecule has 1 unspecified atom stereocenters. The van der Waals surface area contributed by atoms with Gasteiger partial charge >= 0.3 is 0 Å². The highest BCUT2D eigenvalue weighted by molar-refractivity contribution is 7.71. The van der Waals surface area contributed by atoms with Gasteiger partial charge in [-0.2, -0.15) is 4.98 Å². The average molecular weight is 528 g/mol. The van der Waals surface area contributed by atoms with Crippen LogP contribution in [-0.4, -0.2) is 47.7 Å². The minimum Gasteiger partial charge on any atom is -0.467 e. The van der Waals surface area contributed by atoms with Gasteiger partial charge in [-0.25, -0.2) is 18.4 Å². The topological polar surface area (TPSA) is 111 Å². The van der Waals surface area contributed by atoms with Crippen LogP contribution in [0.15, 0.2) is 40.9 Å². The summed E-state index contributed by atoms with van der Waals surface area (Å²) in [5, 5.41) is 4.76. The van der Waals surface area contributed by atoms with Crippen molar-refractivity contribution in [3.05, 3.63) is 47.9 Å². The van der Waals surface area contributed by atoms with Crippen molar-refractivity contribution in [3.8, 4) is 16.5 Å². The predicted octanol–water partition coefficient (Wildman–Crippen LogP) is 4.66. The van der Waals surface area contributed by atoms with E-state index in [1.807, 2.05) is 50.2 Å². The standard InChI is InChI=1S/C25H29N5O4S2/c1-15(2)22-28-24(29-34-22)30-12-10-18(11-13-30)16(3)33-25-27-21-9-8-20(26-23(21)35-25)19-6-4-17(5-7-19)14-36(31)32/h4-9,15-16,18,36H,10-14H2,1-3H3. The van der Waals surface area contributed by atoms with E-state index in [2.05, 4.69) is 26.9 Å². The van der Waals surface area contributed by atoms with Crippen molar-refractivity contribution < 1.29 is 17.7 Å². The van der Waals surface area contributed by atoms with Crippen LogP contribution in [0.3, 0.4) is 0 Å². The van der Waals surface area contributed by atoms with Crippen LogP contribution in [0.4, 0.5) is 5.95 Å². The van der Waals surface area contributed by atoms with E-state index in [9.17, 15) is 8.42 Å². The molecule has 0 N–H and O–H groups in total. The molecule has 1 fully saturated rings. The van der Waals surface area contributed by atoms with Gasteiger partial charge in [0, 0.05) is 24.6 Å². The summed E-state index contributed by atoms with van der Waals surface area (Å²) in [5.41, 5.74) is 3.32. The molecule has 1 atom stereocenters. The first-order chi connectivity index (χ1) is 17.4. The lowest BCUT2D eigenvalue weighted by atomic mass is 9.92. The molecule has 9 nitrogen and oxygen atoms in total. The molecule has 190 valence electrons. The largest absolute Gasteiger partial charge is 0.467 e. The van der Waals surface area contributed by atoms with E-state index < -0.39 is 10.7 Å². The van der Waals surface area contributed by atoms with Gasteiger partial charge in [0.1, 0.15) is 27.2 Å². The summed E-state index contributed by atoms with van der Waals surface area (Å²) in [6.07, 6.45) is 2.00. The van der Waals surface area contributed by atoms with Gasteiger partial charge in [-0.3, -0.25) is 0 Å². The molecule has 4 heterocycles. The van der Waals surface area contributed by atoms with Gasteiger partial charge in [0.2, 0.25) is 5.89 Å². The number of nitrogens with zero attached hydrogens (tertiary/aromatic N) is 5. The summed E-state index contributed by atoms with van der Waals surface area (Å²) in [4.78, 5) is 16.9. The Balaban J connectivity index is 1.21. The number of rotatable bonds is 8. The van der Waals surface area contributed by atoms with Gasteiger partial charge < -0.3 is 14.2 Å². The van der Waals surface area contributed by atoms with Crippen LogP contribution in [0.1, 0.15) is 51.0 Å². The van der Waals surface area contributed by atoms with Gasteiger partial charge in [-0.1, -0.05) is 49.4 Å². The third-order valence-corrected chi connectivity index (χ3v) is 7.97. The Morgan fingerprint density at radius 3 is 2.47 bits per heavy atom. The summed E-state index contributed by atoms with van der Waals surface area (Å²) < 4.78 is 33.5. The number of pyridine rings is 1. The Kier molecular flexibility index (Phi) is 7.20. The second-order valence-electron chi connectivity index (χ2n) is 9.42. The lowest BCUT2D eigenvalue weighted by Crippen LogP contribution is -2.39. The van der Waals surface area contributed by atoms with Gasteiger partial charge in [0.25, 0.3) is 11.1 Å². The zero-order valence-corrected chi connectivity index (χ0v) is 22.2. The van der Waals surface area contributed by atoms with E-state index in [-0.39, 0.29) is 17.8 Å². The Labute approximate surface area is 215 Å². The summed E-state index contributed by atoms with van der Waals surface area (Å²) in [6, 6.07) is 11.3. The highest BCUT2D eigenvalue weighted by Gasteiger charge is 2.28. The molecule has 0 bridgehead atoms. The third kappa shape index (κ3) is 5.52. The van der Waals surface area contributed by atoms with Crippen molar-refractivity contribution in [2.24, 2.45) is 5.92 Å². The molecule has 4 aromatic rings. The Morgan fingerprint density at radius 2 is 1.81 bits per heavy atom. The number of piperidine rings is 1. The van der Waals surface area contributed by atoms with E-state index >= 15 is 0 Å². The van der Waals surface area contributed by atoms with Gasteiger partial charge in [0.15, 0.2) is 0 Å². The molecule has 0 aliphatic carbocycles. The van der Waals surface area contributed by atoms with Crippen molar-refractivity contribution in [2.75, 3.05) is 18.0 Å². The van der Waals surface area contributed by atoms with Crippen molar-refractivity contribution in [1.82, 2.24) is 20.1 Å². The number of aromatic nitrogens is 4. The fourth-order valence-corrected chi connectivity index (χ4v) is 5.73. The molecule has 1 aliphatic heterocycles. The molecule has 36 heavy (non-hydrogen) atoms. The second-order valence-corrected chi connectivity index (χ2v) is 11.3. The quantitative estimate of drug-likeness (QED) is 0.327. The van der Waals surface area contributed by atoms with E-state index in [0.717, 1.165) is 53.1 Å². The highest BCUT2D eigenvalue weighted by atomic mass is 32.2. The number of anilines is 1. The van der Waals surface area contributed by atoms with Gasteiger partial charge in [-0.15, -0.1) is 0 Å². The van der Waals surface area contributed by atoms with Gasteiger partial charge in [0.05, 0.1) is 11.4 Å². The molecule has 0 radical (unpaired) electrons. The van der Waals surface area contributed by atoms with Crippen molar-refractivity contribution in [3.63, 3.8) is 0 Å². The third-order valence-electron chi connectivity index (χ3n) is 6.50. The normalized spacial score (nSPS) is 15.8. The summed E-state index contributed by atoms with van der Waals surface area (Å²) in [5.74, 6) is 2.03. The van der Waals surface area contributed by atoms with E-state index in [4.69, 9.17) is 14.2 Å². The highest BCUT2D eigenvalue weighted by Crippen LogP contribution is 2.32. The smallest absolute Gasteiger partial charge is 0.276 e. The molecular weight excluding hydrogens is 498 g/mol. The van der Waals surface area contributed by atoms with Crippen LogP contribution in [-0.2, 0) is 16.5 Å². The lowest BCUT2D eigenvalue weighted by Gasteiger charge is -2.33. The van der Waals surface area contributed by atoms with Crippen molar-refractivity contribution in [2.45, 2.75) is 51.4 Å². The molecule has 1 aromatic carbocycles. The number of thiazole rings is 1. The molecule has 0 amide bonds. The first-order valence-electron chi connectivity index (χ1n) is 12.1. The van der Waals surface area contributed by atoms with Crippen LogP contribution in [0.25, 0.3) is 21.6 Å². The monoisotopic (exact) mass is 527 g/mol. The van der Waals surface area contributed by atoms with E-state index in [1.54, 1.807) is 0 Å². The number of benzene rings is 1. The fourth-order valence-electron chi connectivity index (χ4n) is 4.35. The minimum atomic E-state index is -2.44. The number of ether oxygens (including phenoxy) is 1. The first-order valence-corrected chi connectivity index (χ1v) is 14.3. The summed E-state index contributed by atoms with van der Waals surface area (Å²) >= 11 is 1.45. The number of fused-ring (bicyclic) bond motifs is 1. The molecule has 0 saturated carbocycles. The fraction of sp³-hybridized carbons (Fsp3) is 0.440. The first kappa shape index (κ1) is 24.6. The molecule has 3 aromatic heterocycles. The Morgan fingerprint density at radius 1 is 1.06 bits per heavy atom. The van der Waals surface area contributed by atoms with E-state index in [0.29, 0.717) is 23.0 Å². The Bertz CT molecular complexity index is 1400. The summed E-state index contributed by atoms with van der Waals surface area (Å²) in [7, 11) is -2.44. The number of hydrogen-bond acceptors (Lipinski definition) is 10. The zero-order chi connectivity index (χ0) is 25.2. The molecule has 11 heteroatoms. The summed E-state index contributed by atoms with van der Waals surface area (Å²) in [6.45, 7) is 7.92. The SMILES string of the molecule is CC(C)c1nc(N2CCC(C(C)Oc3nc4ccc(-c5ccc(C[SH](=O)=O)cc5)nc4s3)CC2)no1. The van der Waals surface area contributed by atoms with Gasteiger partial charge in [-0.05, 0) is 48.5 Å². The van der Waals surface area contributed by atoms with Crippen molar-refractivity contribution in [1.29, 1.82) is 0 Å².